The number of hydrogen-bond donors (Lipinski definition) is 0. The van der Waals surface area contributed by atoms with Crippen LogP contribution < -0.4 is 4.80 Å². The van der Waals surface area contributed by atoms with Crippen LogP contribution in [0.2, 0.25) is 0 Å². The Morgan fingerprint density at radius 2 is 1.78 bits per heavy atom. The molecular weight excluding hydrogens is 448 g/mol. The van der Waals surface area contributed by atoms with E-state index in [-0.39, 0.29) is 13.2 Å². The molecule has 0 aliphatic carbocycles. The van der Waals surface area contributed by atoms with Crippen molar-refractivity contribution in [3.8, 4) is 0 Å². The van der Waals surface area contributed by atoms with Gasteiger partial charge in [-0.1, -0.05) is 25.2 Å². The smallest absolute Gasteiger partial charge is 0.338 e. The number of esters is 2. The number of rotatable bonds is 7. The van der Waals surface area contributed by atoms with Crippen molar-refractivity contribution in [1.82, 2.24) is 4.57 Å². The lowest BCUT2D eigenvalue weighted by molar-refractivity contribution is -0.141. The van der Waals surface area contributed by atoms with E-state index in [1.807, 2.05) is 12.1 Å². The summed E-state index contributed by atoms with van der Waals surface area (Å²) in [5, 5.41) is 0.441. The van der Waals surface area contributed by atoms with Gasteiger partial charge in [0.2, 0.25) is 0 Å². The van der Waals surface area contributed by atoms with E-state index in [1.54, 1.807) is 53.6 Å². The number of hydrogen-bond acceptors (Lipinski definition) is 7. The highest BCUT2D eigenvalue weighted by Gasteiger charge is 2.15. The molecule has 0 aliphatic rings. The maximum absolute atomic E-state index is 12.8. The fourth-order valence-electron chi connectivity index (χ4n) is 2.95. The van der Waals surface area contributed by atoms with Gasteiger partial charge in [0, 0.05) is 15.7 Å². The first kappa shape index (κ1) is 23.7. The third-order valence-electron chi connectivity index (χ3n) is 4.38. The van der Waals surface area contributed by atoms with Crippen LogP contribution in [0.25, 0.3) is 10.2 Å². The molecule has 9 heteroatoms. The number of ether oxygens (including phenoxy) is 2. The first-order valence-corrected chi connectivity index (χ1v) is 11.7. The minimum atomic E-state index is -0.469. The van der Waals surface area contributed by atoms with Gasteiger partial charge in [-0.3, -0.25) is 9.59 Å². The predicted molar refractivity (Wildman–Crippen MR) is 125 cm³/mol. The maximum Gasteiger partial charge on any atom is 0.338 e. The van der Waals surface area contributed by atoms with Crippen LogP contribution in [-0.2, 0) is 20.8 Å². The lowest BCUT2D eigenvalue weighted by atomic mass is 10.2. The zero-order chi connectivity index (χ0) is 23.3. The third-order valence-corrected chi connectivity index (χ3v) is 6.44. The van der Waals surface area contributed by atoms with E-state index >= 15 is 0 Å². The summed E-state index contributed by atoms with van der Waals surface area (Å²) in [6.07, 6.45) is 0. The Morgan fingerprint density at radius 1 is 1.09 bits per heavy atom. The van der Waals surface area contributed by atoms with Crippen molar-refractivity contribution in [2.24, 2.45) is 4.99 Å². The second-order valence-electron chi connectivity index (χ2n) is 7.06. The molecule has 1 heterocycles. The Morgan fingerprint density at radius 3 is 2.41 bits per heavy atom. The SMILES string of the molecule is CCOC(=O)c1ccc2c(c1)sc(=NC(=O)c1ccc(SC(C)C)cc1)n2CC(=O)OC. The van der Waals surface area contributed by atoms with E-state index in [0.717, 1.165) is 4.90 Å². The number of thioether (sulfide) groups is 1. The second kappa shape index (κ2) is 10.6. The molecule has 0 spiro atoms. The average molecular weight is 473 g/mol. The average Bonchev–Trinajstić information content (AvgIpc) is 3.09. The Hall–Kier alpha value is -2.91. The molecule has 1 amide bonds. The van der Waals surface area contributed by atoms with Crippen molar-refractivity contribution in [3.63, 3.8) is 0 Å². The molecule has 0 fully saturated rings. The lowest BCUT2D eigenvalue weighted by Gasteiger charge is -2.05. The Kier molecular flexibility index (Phi) is 7.87. The Bertz CT molecular complexity index is 1210. The standard InChI is InChI=1S/C23H24N2O5S2/c1-5-30-22(28)16-8-11-18-19(12-16)32-23(25(18)13-20(26)29-4)24-21(27)15-6-9-17(10-7-15)31-14(2)3/h6-12,14H,5,13H2,1-4H3. The van der Waals surface area contributed by atoms with Gasteiger partial charge in [0.25, 0.3) is 5.91 Å². The Labute approximate surface area is 194 Å². The number of fused-ring (bicyclic) bond motifs is 1. The zero-order valence-electron chi connectivity index (χ0n) is 18.3. The van der Waals surface area contributed by atoms with Gasteiger partial charge in [0.15, 0.2) is 4.80 Å². The van der Waals surface area contributed by atoms with Crippen LogP contribution in [0.5, 0.6) is 0 Å². The normalized spacial score (nSPS) is 11.7. The molecule has 168 valence electrons. The van der Waals surface area contributed by atoms with E-state index in [2.05, 4.69) is 18.8 Å². The van der Waals surface area contributed by atoms with Gasteiger partial charge in [-0.25, -0.2) is 4.79 Å². The number of nitrogens with zero attached hydrogens (tertiary/aromatic N) is 2. The molecule has 0 saturated heterocycles. The molecule has 0 atom stereocenters. The van der Waals surface area contributed by atoms with Crippen molar-refractivity contribution in [3.05, 3.63) is 58.4 Å². The monoisotopic (exact) mass is 472 g/mol. The number of carbonyl (C=O) groups is 3. The molecule has 2 aromatic carbocycles. The number of carbonyl (C=O) groups excluding carboxylic acids is 3. The predicted octanol–water partition coefficient (Wildman–Crippen LogP) is 4.29. The summed E-state index contributed by atoms with van der Waals surface area (Å²) < 4.78 is 12.2. The molecule has 0 bridgehead atoms. The number of aromatic nitrogens is 1. The number of benzene rings is 2. The van der Waals surface area contributed by atoms with Gasteiger partial charge >= 0.3 is 11.9 Å². The molecule has 3 aromatic rings. The summed E-state index contributed by atoms with van der Waals surface area (Å²) in [7, 11) is 1.30. The van der Waals surface area contributed by atoms with Crippen LogP contribution in [0.3, 0.4) is 0 Å². The van der Waals surface area contributed by atoms with E-state index in [9.17, 15) is 14.4 Å². The topological polar surface area (TPSA) is 87.0 Å². The third kappa shape index (κ3) is 5.66. The van der Waals surface area contributed by atoms with Gasteiger partial charge in [0.05, 0.1) is 29.5 Å². The number of methoxy groups -OCH3 is 1. The summed E-state index contributed by atoms with van der Waals surface area (Å²) in [4.78, 5) is 42.6. The van der Waals surface area contributed by atoms with Crippen LogP contribution in [0.4, 0.5) is 0 Å². The van der Waals surface area contributed by atoms with E-state index in [4.69, 9.17) is 9.47 Å². The minimum absolute atomic E-state index is 0.106. The Balaban J connectivity index is 2.03. The molecule has 32 heavy (non-hydrogen) atoms. The molecule has 0 aliphatic heterocycles. The fourth-order valence-corrected chi connectivity index (χ4v) is 4.85. The van der Waals surface area contributed by atoms with E-state index < -0.39 is 17.8 Å². The highest BCUT2D eigenvalue weighted by molar-refractivity contribution is 7.99. The van der Waals surface area contributed by atoms with Gasteiger partial charge in [0.1, 0.15) is 6.54 Å². The van der Waals surface area contributed by atoms with Gasteiger partial charge in [-0.05, 0) is 49.4 Å². The molecule has 7 nitrogen and oxygen atoms in total. The van der Waals surface area contributed by atoms with Crippen LogP contribution >= 0.6 is 23.1 Å². The molecule has 0 radical (unpaired) electrons. The molecular formula is C23H24N2O5S2. The highest BCUT2D eigenvalue weighted by atomic mass is 32.2. The molecule has 0 saturated carbocycles. The van der Waals surface area contributed by atoms with Crippen LogP contribution in [-0.4, -0.2) is 41.4 Å². The quantitative estimate of drug-likeness (QED) is 0.377. The van der Waals surface area contributed by atoms with Crippen molar-refractivity contribution in [1.29, 1.82) is 0 Å². The first-order valence-electron chi connectivity index (χ1n) is 10.1. The number of thiazole rings is 1. The minimum Gasteiger partial charge on any atom is -0.468 e. The van der Waals surface area contributed by atoms with Crippen LogP contribution in [0.1, 0.15) is 41.5 Å². The lowest BCUT2D eigenvalue weighted by Crippen LogP contribution is -2.22. The van der Waals surface area contributed by atoms with Gasteiger partial charge < -0.3 is 14.0 Å². The maximum atomic E-state index is 12.8. The molecule has 1 aromatic heterocycles. The molecule has 3 rings (SSSR count). The van der Waals surface area contributed by atoms with Crippen molar-refractivity contribution >= 4 is 51.2 Å². The van der Waals surface area contributed by atoms with E-state index in [0.29, 0.717) is 31.4 Å². The summed E-state index contributed by atoms with van der Waals surface area (Å²) in [6, 6.07) is 12.3. The van der Waals surface area contributed by atoms with Crippen molar-refractivity contribution in [2.45, 2.75) is 37.5 Å². The zero-order valence-corrected chi connectivity index (χ0v) is 19.9. The summed E-state index contributed by atoms with van der Waals surface area (Å²) >= 11 is 2.93. The van der Waals surface area contributed by atoms with Gasteiger partial charge in [-0.2, -0.15) is 4.99 Å². The van der Waals surface area contributed by atoms with Crippen molar-refractivity contribution in [2.75, 3.05) is 13.7 Å². The van der Waals surface area contributed by atoms with Crippen LogP contribution in [0, 0.1) is 0 Å². The largest absolute Gasteiger partial charge is 0.468 e. The van der Waals surface area contributed by atoms with Crippen LogP contribution in [0.15, 0.2) is 52.4 Å². The highest BCUT2D eigenvalue weighted by Crippen LogP contribution is 2.23. The summed E-state index contributed by atoms with van der Waals surface area (Å²) in [6.45, 7) is 6.11. The summed E-state index contributed by atoms with van der Waals surface area (Å²) in [5.74, 6) is -1.32. The molecule has 0 N–H and O–H groups in total. The fraction of sp³-hybridized carbons (Fsp3) is 0.304. The summed E-state index contributed by atoms with van der Waals surface area (Å²) in [5.41, 5.74) is 1.51. The van der Waals surface area contributed by atoms with Crippen molar-refractivity contribution < 1.29 is 23.9 Å². The number of amides is 1. The van der Waals surface area contributed by atoms with Gasteiger partial charge in [-0.15, -0.1) is 11.8 Å². The first-order chi connectivity index (χ1) is 15.3. The second-order valence-corrected chi connectivity index (χ2v) is 9.72. The molecule has 0 unspecified atom stereocenters. The van der Waals surface area contributed by atoms with E-state index in [1.165, 1.54) is 18.4 Å².